The van der Waals surface area contributed by atoms with Crippen molar-refractivity contribution in [3.8, 4) is 5.75 Å². The minimum absolute atomic E-state index is 0.0696. The van der Waals surface area contributed by atoms with Gasteiger partial charge in [0, 0.05) is 30.6 Å². The van der Waals surface area contributed by atoms with Gasteiger partial charge in [0.05, 0.1) is 5.56 Å². The summed E-state index contributed by atoms with van der Waals surface area (Å²) in [7, 11) is 0. The summed E-state index contributed by atoms with van der Waals surface area (Å²) in [6.07, 6.45) is 9.43. The summed E-state index contributed by atoms with van der Waals surface area (Å²) >= 11 is 0. The molecule has 4 heteroatoms. The van der Waals surface area contributed by atoms with Crippen LogP contribution in [0.1, 0.15) is 85.7 Å². The highest BCUT2D eigenvalue weighted by molar-refractivity contribution is 5.47. The summed E-state index contributed by atoms with van der Waals surface area (Å²) in [6, 6.07) is 10.2. The van der Waals surface area contributed by atoms with Crippen LogP contribution in [0.5, 0.6) is 5.75 Å². The van der Waals surface area contributed by atoms with Crippen molar-refractivity contribution >= 4 is 0 Å². The smallest absolute Gasteiger partial charge is 0.343 e. The first-order chi connectivity index (χ1) is 14.7. The molecule has 1 saturated carbocycles. The van der Waals surface area contributed by atoms with E-state index in [0.717, 1.165) is 87.9 Å². The van der Waals surface area contributed by atoms with Gasteiger partial charge in [-0.25, -0.2) is 4.79 Å². The predicted octanol–water partition coefficient (Wildman–Crippen LogP) is 5.51. The summed E-state index contributed by atoms with van der Waals surface area (Å²) in [5, 5.41) is 11.4. The van der Waals surface area contributed by atoms with Crippen LogP contribution in [0.3, 0.4) is 0 Å². The molecule has 2 aromatic rings. The molecule has 160 valence electrons. The van der Waals surface area contributed by atoms with E-state index >= 15 is 0 Å². The molecule has 0 radical (unpaired) electrons. The van der Waals surface area contributed by atoms with Gasteiger partial charge in [0.25, 0.3) is 0 Å². The third-order valence-electron chi connectivity index (χ3n) is 7.32. The molecule has 4 nitrogen and oxygen atoms in total. The molecule has 1 aromatic carbocycles. The van der Waals surface area contributed by atoms with Crippen LogP contribution in [-0.2, 0) is 11.2 Å². The van der Waals surface area contributed by atoms with Gasteiger partial charge in [-0.05, 0) is 62.3 Å². The van der Waals surface area contributed by atoms with E-state index in [4.69, 9.17) is 9.15 Å². The average molecular weight is 409 g/mol. The van der Waals surface area contributed by atoms with Crippen LogP contribution >= 0.6 is 0 Å². The maximum absolute atomic E-state index is 13.3. The fourth-order valence-electron chi connectivity index (χ4n) is 5.60. The predicted molar refractivity (Wildman–Crippen MR) is 116 cm³/mol. The molecule has 2 heterocycles. The van der Waals surface area contributed by atoms with Crippen LogP contribution in [-0.4, -0.2) is 18.3 Å². The second kappa shape index (κ2) is 8.58. The summed E-state index contributed by atoms with van der Waals surface area (Å²) in [5.41, 5.74) is 2.16. The second-order valence-electron chi connectivity index (χ2n) is 9.48. The molecule has 2 aliphatic carbocycles. The van der Waals surface area contributed by atoms with Gasteiger partial charge in [0.2, 0.25) is 0 Å². The zero-order valence-corrected chi connectivity index (χ0v) is 17.6. The lowest BCUT2D eigenvalue weighted by Gasteiger charge is -2.26. The monoisotopic (exact) mass is 408 g/mol. The zero-order chi connectivity index (χ0) is 20.5. The molecule has 3 unspecified atom stereocenters. The summed E-state index contributed by atoms with van der Waals surface area (Å²) < 4.78 is 11.7. The standard InChI is InChI=1S/C26H32O4/c27-24-21-10-6-2-5-9-20(15-17-13-14-29-16-17)25(21)30-26(28)23(24)22(19-11-12-19)18-7-3-1-4-8-18/h1,3-4,7-8,17,19-20,22,27H,2,5-6,9-16H2. The third kappa shape index (κ3) is 3.94. The van der Waals surface area contributed by atoms with Gasteiger partial charge in [0.15, 0.2) is 0 Å². The Balaban J connectivity index is 1.57. The number of hydrogen-bond acceptors (Lipinski definition) is 4. The molecule has 1 saturated heterocycles. The molecule has 3 atom stereocenters. The topological polar surface area (TPSA) is 59.7 Å². The Kier molecular flexibility index (Phi) is 5.68. The molecule has 1 aliphatic heterocycles. The van der Waals surface area contributed by atoms with E-state index in [2.05, 4.69) is 12.1 Å². The minimum Gasteiger partial charge on any atom is -0.507 e. The molecule has 3 aliphatic rings. The molecule has 1 aromatic heterocycles. The first-order valence-electron chi connectivity index (χ1n) is 11.7. The van der Waals surface area contributed by atoms with E-state index in [1.807, 2.05) is 18.2 Å². The van der Waals surface area contributed by atoms with Crippen molar-refractivity contribution in [2.75, 3.05) is 13.2 Å². The number of benzene rings is 1. The minimum atomic E-state index is -0.333. The maximum atomic E-state index is 13.3. The Bertz CT molecular complexity index is 922. The number of fused-ring (bicyclic) bond motifs is 1. The van der Waals surface area contributed by atoms with Gasteiger partial charge in [-0.2, -0.15) is 0 Å². The lowest BCUT2D eigenvalue weighted by molar-refractivity contribution is 0.180. The first kappa shape index (κ1) is 19.9. The quantitative estimate of drug-likeness (QED) is 0.708. The maximum Gasteiger partial charge on any atom is 0.343 e. The van der Waals surface area contributed by atoms with Crippen molar-refractivity contribution in [3.63, 3.8) is 0 Å². The van der Waals surface area contributed by atoms with Crippen LogP contribution in [0.25, 0.3) is 0 Å². The molecule has 0 amide bonds. The lowest BCUT2D eigenvalue weighted by atomic mass is 9.81. The molecule has 5 rings (SSSR count). The number of aromatic hydroxyl groups is 1. The molecule has 1 N–H and O–H groups in total. The van der Waals surface area contributed by atoms with Crippen molar-refractivity contribution in [2.24, 2.45) is 11.8 Å². The van der Waals surface area contributed by atoms with Gasteiger partial charge < -0.3 is 14.3 Å². The van der Waals surface area contributed by atoms with E-state index in [1.54, 1.807) is 0 Å². The normalized spacial score (nSPS) is 25.3. The Morgan fingerprint density at radius 3 is 2.60 bits per heavy atom. The van der Waals surface area contributed by atoms with E-state index in [1.165, 1.54) is 0 Å². The summed E-state index contributed by atoms with van der Waals surface area (Å²) in [4.78, 5) is 13.3. The lowest BCUT2D eigenvalue weighted by Crippen LogP contribution is -2.21. The second-order valence-corrected chi connectivity index (χ2v) is 9.48. The van der Waals surface area contributed by atoms with E-state index in [-0.39, 0.29) is 23.2 Å². The molecule has 0 spiro atoms. The SMILES string of the molecule is O=c1oc2c(c(O)c1C(c1ccccc1)C1CC1)CCCCCC2CC1CCOC1. The van der Waals surface area contributed by atoms with E-state index < -0.39 is 0 Å². The van der Waals surface area contributed by atoms with Crippen molar-refractivity contribution in [3.05, 3.63) is 63.2 Å². The summed E-state index contributed by atoms with van der Waals surface area (Å²) in [6.45, 7) is 1.64. The van der Waals surface area contributed by atoms with Crippen LogP contribution in [0, 0.1) is 11.8 Å². The molecule has 2 fully saturated rings. The third-order valence-corrected chi connectivity index (χ3v) is 7.32. The van der Waals surface area contributed by atoms with Gasteiger partial charge in [0.1, 0.15) is 11.5 Å². The average Bonchev–Trinajstić information content (AvgIpc) is 3.44. The van der Waals surface area contributed by atoms with Crippen LogP contribution in [0.2, 0.25) is 0 Å². The van der Waals surface area contributed by atoms with Gasteiger partial charge in [-0.15, -0.1) is 0 Å². The highest BCUT2D eigenvalue weighted by Gasteiger charge is 2.39. The van der Waals surface area contributed by atoms with Crippen molar-refractivity contribution in [1.82, 2.24) is 0 Å². The van der Waals surface area contributed by atoms with Crippen LogP contribution < -0.4 is 5.63 Å². The van der Waals surface area contributed by atoms with Gasteiger partial charge in [-0.3, -0.25) is 0 Å². The fourth-order valence-corrected chi connectivity index (χ4v) is 5.60. The molecular formula is C26H32O4. The molecule has 0 bridgehead atoms. The van der Waals surface area contributed by atoms with E-state index in [9.17, 15) is 9.90 Å². The molecular weight excluding hydrogens is 376 g/mol. The largest absolute Gasteiger partial charge is 0.507 e. The Morgan fingerprint density at radius 2 is 1.87 bits per heavy atom. The summed E-state index contributed by atoms with van der Waals surface area (Å²) in [5.74, 6) is 2.06. The van der Waals surface area contributed by atoms with Crippen molar-refractivity contribution in [2.45, 2.75) is 69.6 Å². The van der Waals surface area contributed by atoms with Gasteiger partial charge >= 0.3 is 5.63 Å². The zero-order valence-electron chi connectivity index (χ0n) is 17.6. The highest BCUT2D eigenvalue weighted by Crippen LogP contribution is 2.49. The highest BCUT2D eigenvalue weighted by atomic mass is 16.5. The Labute approximate surface area is 178 Å². The van der Waals surface area contributed by atoms with Crippen LogP contribution in [0.4, 0.5) is 0 Å². The van der Waals surface area contributed by atoms with E-state index in [0.29, 0.717) is 17.4 Å². The Hall–Kier alpha value is -2.07. The van der Waals surface area contributed by atoms with Gasteiger partial charge in [-0.1, -0.05) is 43.2 Å². The number of hydrogen-bond donors (Lipinski definition) is 1. The van der Waals surface area contributed by atoms with Crippen molar-refractivity contribution in [1.29, 1.82) is 0 Å². The molecule has 30 heavy (non-hydrogen) atoms. The Morgan fingerprint density at radius 1 is 1.03 bits per heavy atom. The van der Waals surface area contributed by atoms with Crippen LogP contribution in [0.15, 0.2) is 39.5 Å². The van der Waals surface area contributed by atoms with Crippen molar-refractivity contribution < 1.29 is 14.3 Å². The first-order valence-corrected chi connectivity index (χ1v) is 11.7. The number of ether oxygens (including phenoxy) is 1. The number of rotatable bonds is 5. The fraction of sp³-hybridized carbons (Fsp3) is 0.577.